The Morgan fingerprint density at radius 2 is 2.00 bits per heavy atom. The van der Waals surface area contributed by atoms with Crippen molar-refractivity contribution in [2.75, 3.05) is 45.8 Å². The molecule has 0 aromatic rings. The lowest BCUT2D eigenvalue weighted by atomic mass is 10.3. The Morgan fingerprint density at radius 1 is 1.17 bits per heavy atom. The van der Waals surface area contributed by atoms with Crippen molar-refractivity contribution in [1.82, 2.24) is 20.9 Å². The summed E-state index contributed by atoms with van der Waals surface area (Å²) < 4.78 is 0. The van der Waals surface area contributed by atoms with E-state index in [1.807, 2.05) is 6.92 Å². The first-order valence-corrected chi connectivity index (χ1v) is 6.69. The van der Waals surface area contributed by atoms with Crippen LogP contribution in [0.25, 0.3) is 0 Å². The second-order valence-corrected chi connectivity index (χ2v) is 4.43. The lowest BCUT2D eigenvalue weighted by Gasteiger charge is -2.18. The van der Waals surface area contributed by atoms with Gasteiger partial charge in [-0.15, -0.1) is 0 Å². The van der Waals surface area contributed by atoms with Crippen molar-refractivity contribution in [3.8, 4) is 0 Å². The quantitative estimate of drug-likeness (QED) is 0.565. The number of hydrogen-bond acceptors (Lipinski definition) is 4. The Hall–Kier alpha value is -1.14. The van der Waals surface area contributed by atoms with E-state index in [9.17, 15) is 9.59 Å². The molecule has 2 amide bonds. The molecule has 3 N–H and O–H groups in total. The monoisotopic (exact) mass is 256 g/mol. The SMILES string of the molecule is CCNC(=O)CCNC(=O)CN1CCCNCC1. The Morgan fingerprint density at radius 3 is 2.78 bits per heavy atom. The molecule has 104 valence electrons. The summed E-state index contributed by atoms with van der Waals surface area (Å²) in [5, 5.41) is 8.77. The molecule has 0 saturated carbocycles. The van der Waals surface area contributed by atoms with E-state index in [1.54, 1.807) is 0 Å². The van der Waals surface area contributed by atoms with Crippen molar-refractivity contribution in [2.24, 2.45) is 0 Å². The number of carbonyl (C=O) groups excluding carboxylic acids is 2. The highest BCUT2D eigenvalue weighted by Crippen LogP contribution is 1.94. The van der Waals surface area contributed by atoms with Crippen LogP contribution in [0.3, 0.4) is 0 Å². The van der Waals surface area contributed by atoms with Gasteiger partial charge in [-0.2, -0.15) is 0 Å². The summed E-state index contributed by atoms with van der Waals surface area (Å²) in [6, 6.07) is 0. The fourth-order valence-corrected chi connectivity index (χ4v) is 1.92. The molecule has 1 aliphatic heterocycles. The Bertz CT molecular complexity index is 263. The van der Waals surface area contributed by atoms with Gasteiger partial charge in [-0.05, 0) is 26.4 Å². The zero-order chi connectivity index (χ0) is 13.2. The van der Waals surface area contributed by atoms with Crippen LogP contribution in [0.15, 0.2) is 0 Å². The van der Waals surface area contributed by atoms with E-state index in [4.69, 9.17) is 0 Å². The van der Waals surface area contributed by atoms with Gasteiger partial charge in [0.05, 0.1) is 6.54 Å². The first-order chi connectivity index (χ1) is 8.72. The Labute approximate surface area is 108 Å². The Kier molecular flexibility index (Phi) is 7.36. The summed E-state index contributed by atoms with van der Waals surface area (Å²) in [4.78, 5) is 25.0. The van der Waals surface area contributed by atoms with Gasteiger partial charge in [0.2, 0.25) is 11.8 Å². The molecule has 6 heteroatoms. The molecule has 1 rings (SSSR count). The Balaban J connectivity index is 2.10. The molecule has 0 aromatic heterocycles. The smallest absolute Gasteiger partial charge is 0.234 e. The van der Waals surface area contributed by atoms with Gasteiger partial charge in [-0.3, -0.25) is 14.5 Å². The summed E-state index contributed by atoms with van der Waals surface area (Å²) in [7, 11) is 0. The van der Waals surface area contributed by atoms with Crippen LogP contribution in [-0.4, -0.2) is 62.5 Å². The zero-order valence-corrected chi connectivity index (χ0v) is 11.1. The maximum atomic E-state index is 11.7. The van der Waals surface area contributed by atoms with Crippen LogP contribution in [0.4, 0.5) is 0 Å². The largest absolute Gasteiger partial charge is 0.356 e. The molecule has 0 radical (unpaired) electrons. The molecule has 0 unspecified atom stereocenters. The minimum absolute atomic E-state index is 0.00111. The lowest BCUT2D eigenvalue weighted by molar-refractivity contribution is -0.123. The van der Waals surface area contributed by atoms with Crippen LogP contribution in [0.1, 0.15) is 19.8 Å². The maximum Gasteiger partial charge on any atom is 0.234 e. The number of carbonyl (C=O) groups is 2. The highest BCUT2D eigenvalue weighted by atomic mass is 16.2. The van der Waals surface area contributed by atoms with Crippen molar-refractivity contribution in [2.45, 2.75) is 19.8 Å². The third-order valence-electron chi connectivity index (χ3n) is 2.85. The van der Waals surface area contributed by atoms with Crippen LogP contribution >= 0.6 is 0 Å². The average molecular weight is 256 g/mol. The minimum Gasteiger partial charge on any atom is -0.356 e. The summed E-state index contributed by atoms with van der Waals surface area (Å²) in [5.74, 6) is -0.0158. The molecule has 0 spiro atoms. The van der Waals surface area contributed by atoms with Crippen LogP contribution in [-0.2, 0) is 9.59 Å². The first kappa shape index (κ1) is 14.9. The van der Waals surface area contributed by atoms with Gasteiger partial charge in [0.25, 0.3) is 0 Å². The first-order valence-electron chi connectivity index (χ1n) is 6.69. The van der Waals surface area contributed by atoms with E-state index in [0.717, 1.165) is 32.6 Å². The average Bonchev–Trinajstić information content (AvgIpc) is 2.58. The molecule has 1 fully saturated rings. The van der Waals surface area contributed by atoms with Gasteiger partial charge >= 0.3 is 0 Å². The van der Waals surface area contributed by atoms with Gasteiger partial charge in [0, 0.05) is 32.6 Å². The van der Waals surface area contributed by atoms with E-state index >= 15 is 0 Å². The molecule has 0 bridgehead atoms. The molecule has 0 atom stereocenters. The van der Waals surface area contributed by atoms with Crippen molar-refractivity contribution in [3.63, 3.8) is 0 Å². The van der Waals surface area contributed by atoms with Crippen molar-refractivity contribution in [1.29, 1.82) is 0 Å². The van der Waals surface area contributed by atoms with Gasteiger partial charge in [0.1, 0.15) is 0 Å². The molecular weight excluding hydrogens is 232 g/mol. The van der Waals surface area contributed by atoms with E-state index in [0.29, 0.717) is 26.1 Å². The summed E-state index contributed by atoms with van der Waals surface area (Å²) >= 11 is 0. The van der Waals surface area contributed by atoms with Crippen LogP contribution in [0.5, 0.6) is 0 Å². The molecule has 6 nitrogen and oxygen atoms in total. The molecule has 0 aromatic carbocycles. The maximum absolute atomic E-state index is 11.7. The summed E-state index contributed by atoms with van der Waals surface area (Å²) in [6.07, 6.45) is 1.42. The standard InChI is InChI=1S/C12H24N4O2/c1-2-14-11(17)4-6-15-12(18)10-16-8-3-5-13-7-9-16/h13H,2-10H2,1H3,(H,14,17)(H,15,18). The van der Waals surface area contributed by atoms with Gasteiger partial charge in [-0.25, -0.2) is 0 Å². The summed E-state index contributed by atoms with van der Waals surface area (Å²) in [6.45, 7) is 7.17. The number of rotatable bonds is 6. The second-order valence-electron chi connectivity index (χ2n) is 4.43. The minimum atomic E-state index is -0.0169. The van der Waals surface area contributed by atoms with E-state index in [2.05, 4.69) is 20.9 Å². The third kappa shape index (κ3) is 6.56. The number of nitrogens with zero attached hydrogens (tertiary/aromatic N) is 1. The predicted octanol–water partition coefficient (Wildman–Crippen LogP) is -1.08. The van der Waals surface area contributed by atoms with E-state index in [-0.39, 0.29) is 11.8 Å². The lowest BCUT2D eigenvalue weighted by Crippen LogP contribution is -2.40. The number of nitrogens with one attached hydrogen (secondary N) is 3. The van der Waals surface area contributed by atoms with Crippen LogP contribution in [0, 0.1) is 0 Å². The fourth-order valence-electron chi connectivity index (χ4n) is 1.92. The second kappa shape index (κ2) is 8.88. The molecule has 1 heterocycles. The highest BCUT2D eigenvalue weighted by molar-refractivity contribution is 5.80. The normalized spacial score (nSPS) is 16.9. The van der Waals surface area contributed by atoms with Crippen LogP contribution < -0.4 is 16.0 Å². The van der Waals surface area contributed by atoms with E-state index in [1.165, 1.54) is 0 Å². The third-order valence-corrected chi connectivity index (χ3v) is 2.85. The molecule has 18 heavy (non-hydrogen) atoms. The molecule has 1 saturated heterocycles. The number of hydrogen-bond donors (Lipinski definition) is 3. The summed E-state index contributed by atoms with van der Waals surface area (Å²) in [5.41, 5.74) is 0. The highest BCUT2D eigenvalue weighted by Gasteiger charge is 2.12. The molecule has 0 aliphatic carbocycles. The number of amides is 2. The van der Waals surface area contributed by atoms with Crippen LogP contribution in [0.2, 0.25) is 0 Å². The topological polar surface area (TPSA) is 73.5 Å². The fraction of sp³-hybridized carbons (Fsp3) is 0.833. The van der Waals surface area contributed by atoms with Crippen molar-refractivity contribution >= 4 is 11.8 Å². The van der Waals surface area contributed by atoms with Crippen molar-refractivity contribution < 1.29 is 9.59 Å². The predicted molar refractivity (Wildman–Crippen MR) is 70.2 cm³/mol. The van der Waals surface area contributed by atoms with E-state index < -0.39 is 0 Å². The molecule has 1 aliphatic rings. The molecular formula is C12H24N4O2. The zero-order valence-electron chi connectivity index (χ0n) is 11.1. The van der Waals surface area contributed by atoms with Gasteiger partial charge in [-0.1, -0.05) is 0 Å². The van der Waals surface area contributed by atoms with Crippen molar-refractivity contribution in [3.05, 3.63) is 0 Å². The van der Waals surface area contributed by atoms with Gasteiger partial charge in [0.15, 0.2) is 0 Å². The van der Waals surface area contributed by atoms with Gasteiger partial charge < -0.3 is 16.0 Å².